The molecular weight excluding hydrogens is 229 g/mol. The number of ketones is 1. The third-order valence-electron chi connectivity index (χ3n) is 2.62. The first-order valence-corrected chi connectivity index (χ1v) is 5.79. The molecule has 92 valence electrons. The Morgan fingerprint density at radius 3 is 2.33 bits per heavy atom. The van der Waals surface area contributed by atoms with Gasteiger partial charge in [-0.15, -0.1) is 0 Å². The Balaban J connectivity index is 1.82. The average Bonchev–Trinajstić information content (AvgIpc) is 2.42. The van der Waals surface area contributed by atoms with Crippen LogP contribution in [0, 0.1) is 5.82 Å². The van der Waals surface area contributed by atoms with Gasteiger partial charge in [-0.3, -0.25) is 4.79 Å². The standard InChI is InChI=1S/C15H14FNO/c16-14-8-6-12(7-9-14)10-17-11-15(18)13-4-2-1-3-5-13/h1-9,17H,10-11H2. The molecule has 0 bridgehead atoms. The van der Waals surface area contributed by atoms with Gasteiger partial charge in [0.05, 0.1) is 6.54 Å². The smallest absolute Gasteiger partial charge is 0.176 e. The van der Waals surface area contributed by atoms with Gasteiger partial charge in [0.1, 0.15) is 5.82 Å². The lowest BCUT2D eigenvalue weighted by atomic mass is 10.1. The van der Waals surface area contributed by atoms with Crippen molar-refractivity contribution in [3.05, 3.63) is 71.5 Å². The van der Waals surface area contributed by atoms with Crippen molar-refractivity contribution in [3.8, 4) is 0 Å². The van der Waals surface area contributed by atoms with Gasteiger partial charge >= 0.3 is 0 Å². The van der Waals surface area contributed by atoms with Crippen LogP contribution in [0.3, 0.4) is 0 Å². The number of carbonyl (C=O) groups is 1. The number of halogens is 1. The molecule has 0 fully saturated rings. The average molecular weight is 243 g/mol. The lowest BCUT2D eigenvalue weighted by Gasteiger charge is -2.04. The minimum atomic E-state index is -0.251. The van der Waals surface area contributed by atoms with E-state index in [0.29, 0.717) is 12.1 Å². The fourth-order valence-electron chi connectivity index (χ4n) is 1.65. The van der Waals surface area contributed by atoms with Gasteiger partial charge in [-0.1, -0.05) is 42.5 Å². The maximum absolute atomic E-state index is 12.7. The fourth-order valence-corrected chi connectivity index (χ4v) is 1.65. The maximum atomic E-state index is 12.7. The van der Waals surface area contributed by atoms with Crippen LogP contribution in [0.25, 0.3) is 0 Å². The topological polar surface area (TPSA) is 29.1 Å². The maximum Gasteiger partial charge on any atom is 0.176 e. The van der Waals surface area contributed by atoms with E-state index in [1.165, 1.54) is 12.1 Å². The zero-order valence-corrected chi connectivity index (χ0v) is 9.90. The van der Waals surface area contributed by atoms with Crippen molar-refractivity contribution in [3.63, 3.8) is 0 Å². The lowest BCUT2D eigenvalue weighted by Crippen LogP contribution is -2.22. The number of rotatable bonds is 5. The summed E-state index contributed by atoms with van der Waals surface area (Å²) in [6, 6.07) is 15.4. The summed E-state index contributed by atoms with van der Waals surface area (Å²) in [7, 11) is 0. The van der Waals surface area contributed by atoms with Gasteiger partial charge in [0.15, 0.2) is 5.78 Å². The summed E-state index contributed by atoms with van der Waals surface area (Å²) in [5, 5.41) is 3.05. The monoisotopic (exact) mass is 243 g/mol. The van der Waals surface area contributed by atoms with Crippen LogP contribution in [0.15, 0.2) is 54.6 Å². The Kier molecular flexibility index (Phi) is 4.20. The van der Waals surface area contributed by atoms with Gasteiger partial charge in [0.25, 0.3) is 0 Å². The molecule has 0 spiro atoms. The van der Waals surface area contributed by atoms with Gasteiger partial charge in [-0.25, -0.2) is 4.39 Å². The molecule has 0 aromatic heterocycles. The Labute approximate surface area is 105 Å². The van der Waals surface area contributed by atoms with E-state index in [9.17, 15) is 9.18 Å². The van der Waals surface area contributed by atoms with Crippen molar-refractivity contribution < 1.29 is 9.18 Å². The highest BCUT2D eigenvalue weighted by molar-refractivity contribution is 5.97. The molecule has 0 aliphatic carbocycles. The van der Waals surface area contributed by atoms with Crippen LogP contribution in [-0.4, -0.2) is 12.3 Å². The third kappa shape index (κ3) is 3.50. The van der Waals surface area contributed by atoms with Gasteiger partial charge in [-0.2, -0.15) is 0 Å². The highest BCUT2D eigenvalue weighted by Gasteiger charge is 2.03. The minimum absolute atomic E-state index is 0.0534. The summed E-state index contributed by atoms with van der Waals surface area (Å²) >= 11 is 0. The number of nitrogens with one attached hydrogen (secondary N) is 1. The van der Waals surface area contributed by atoms with Crippen LogP contribution in [0.1, 0.15) is 15.9 Å². The van der Waals surface area contributed by atoms with Gasteiger partial charge < -0.3 is 5.32 Å². The van der Waals surface area contributed by atoms with E-state index in [2.05, 4.69) is 5.32 Å². The molecule has 18 heavy (non-hydrogen) atoms. The molecule has 0 amide bonds. The van der Waals surface area contributed by atoms with E-state index in [1.807, 2.05) is 18.2 Å². The summed E-state index contributed by atoms with van der Waals surface area (Å²) in [5.74, 6) is -0.197. The second-order valence-electron chi connectivity index (χ2n) is 4.02. The predicted octanol–water partition coefficient (Wildman–Crippen LogP) is 2.80. The fraction of sp³-hybridized carbons (Fsp3) is 0.133. The Morgan fingerprint density at radius 2 is 1.67 bits per heavy atom. The van der Waals surface area contributed by atoms with Crippen LogP contribution in [-0.2, 0) is 6.54 Å². The molecule has 0 saturated carbocycles. The first kappa shape index (κ1) is 12.5. The van der Waals surface area contributed by atoms with Crippen LogP contribution < -0.4 is 5.32 Å². The molecule has 2 rings (SSSR count). The Morgan fingerprint density at radius 1 is 1.00 bits per heavy atom. The number of carbonyl (C=O) groups excluding carboxylic acids is 1. The first-order valence-electron chi connectivity index (χ1n) is 5.79. The second-order valence-corrected chi connectivity index (χ2v) is 4.02. The number of Topliss-reactive ketones (excluding diaryl/α,β-unsaturated/α-hetero) is 1. The molecule has 1 N–H and O–H groups in total. The molecule has 0 saturated heterocycles. The normalized spacial score (nSPS) is 10.3. The van der Waals surface area contributed by atoms with Crippen molar-refractivity contribution in [2.75, 3.05) is 6.54 Å². The van der Waals surface area contributed by atoms with Crippen LogP contribution in [0.2, 0.25) is 0 Å². The summed E-state index contributed by atoms with van der Waals surface area (Å²) in [4.78, 5) is 11.8. The van der Waals surface area contributed by atoms with Crippen LogP contribution in [0.5, 0.6) is 0 Å². The molecule has 2 aromatic rings. The predicted molar refractivity (Wildman–Crippen MR) is 68.9 cm³/mol. The van der Waals surface area contributed by atoms with Crippen molar-refractivity contribution in [2.24, 2.45) is 0 Å². The lowest BCUT2D eigenvalue weighted by molar-refractivity contribution is 0.0991. The number of hydrogen-bond acceptors (Lipinski definition) is 2. The molecule has 0 aliphatic heterocycles. The molecule has 0 radical (unpaired) electrons. The van der Waals surface area contributed by atoms with E-state index in [4.69, 9.17) is 0 Å². The van der Waals surface area contributed by atoms with E-state index in [0.717, 1.165) is 5.56 Å². The van der Waals surface area contributed by atoms with Crippen molar-refractivity contribution >= 4 is 5.78 Å². The van der Waals surface area contributed by atoms with Gasteiger partial charge in [0.2, 0.25) is 0 Å². The molecule has 0 heterocycles. The van der Waals surface area contributed by atoms with Gasteiger partial charge in [0, 0.05) is 12.1 Å². The van der Waals surface area contributed by atoms with Crippen molar-refractivity contribution in [1.29, 1.82) is 0 Å². The minimum Gasteiger partial charge on any atom is -0.306 e. The number of hydrogen-bond donors (Lipinski definition) is 1. The van der Waals surface area contributed by atoms with E-state index in [1.54, 1.807) is 24.3 Å². The third-order valence-corrected chi connectivity index (χ3v) is 2.62. The summed E-state index contributed by atoms with van der Waals surface area (Å²) in [6.07, 6.45) is 0. The van der Waals surface area contributed by atoms with E-state index < -0.39 is 0 Å². The second kappa shape index (κ2) is 6.07. The summed E-state index contributed by atoms with van der Waals surface area (Å²) < 4.78 is 12.7. The molecule has 3 heteroatoms. The quantitative estimate of drug-likeness (QED) is 0.818. The summed E-state index contributed by atoms with van der Waals surface area (Å²) in [6.45, 7) is 0.834. The molecule has 0 atom stereocenters. The molecule has 0 aliphatic rings. The highest BCUT2D eigenvalue weighted by Crippen LogP contribution is 2.03. The summed E-state index contributed by atoms with van der Waals surface area (Å²) in [5.41, 5.74) is 1.65. The molecular formula is C15H14FNO. The zero-order chi connectivity index (χ0) is 12.8. The molecule has 0 unspecified atom stereocenters. The first-order chi connectivity index (χ1) is 8.75. The van der Waals surface area contributed by atoms with Crippen LogP contribution in [0.4, 0.5) is 4.39 Å². The number of benzene rings is 2. The van der Waals surface area contributed by atoms with Crippen molar-refractivity contribution in [1.82, 2.24) is 5.32 Å². The van der Waals surface area contributed by atoms with Crippen molar-refractivity contribution in [2.45, 2.75) is 6.54 Å². The van der Waals surface area contributed by atoms with E-state index in [-0.39, 0.29) is 18.1 Å². The zero-order valence-electron chi connectivity index (χ0n) is 9.90. The molecule has 2 nitrogen and oxygen atoms in total. The highest BCUT2D eigenvalue weighted by atomic mass is 19.1. The Bertz CT molecular complexity index is 508. The molecule has 2 aromatic carbocycles. The van der Waals surface area contributed by atoms with E-state index >= 15 is 0 Å². The SMILES string of the molecule is O=C(CNCc1ccc(F)cc1)c1ccccc1. The van der Waals surface area contributed by atoms with Gasteiger partial charge in [-0.05, 0) is 17.7 Å². The van der Waals surface area contributed by atoms with Crippen LogP contribution >= 0.6 is 0 Å². The Hall–Kier alpha value is -2.00. The largest absolute Gasteiger partial charge is 0.306 e.